The van der Waals surface area contributed by atoms with Crippen LogP contribution in [0.1, 0.15) is 47.0 Å². The number of hydrogen-bond donors (Lipinski definition) is 1. The van der Waals surface area contributed by atoms with Crippen molar-refractivity contribution < 1.29 is 9.53 Å². The Kier molecular flexibility index (Phi) is 5.33. The minimum absolute atomic E-state index is 0.194. The van der Waals surface area contributed by atoms with Gasteiger partial charge in [-0.1, -0.05) is 25.1 Å². The first-order chi connectivity index (χ1) is 10.4. The van der Waals surface area contributed by atoms with Crippen molar-refractivity contribution in [3.63, 3.8) is 0 Å². The lowest BCUT2D eigenvalue weighted by Gasteiger charge is -2.41. The summed E-state index contributed by atoms with van der Waals surface area (Å²) in [6, 6.07) is 11.2. The Balaban J connectivity index is 1.94. The van der Waals surface area contributed by atoms with Crippen molar-refractivity contribution in [1.82, 2.24) is 5.32 Å². The number of amides is 1. The van der Waals surface area contributed by atoms with Gasteiger partial charge in [0.2, 0.25) is 0 Å². The summed E-state index contributed by atoms with van der Waals surface area (Å²) >= 11 is 0. The Hall–Kier alpha value is -1.71. The molecule has 0 aliphatic carbocycles. The van der Waals surface area contributed by atoms with Crippen LogP contribution in [0.5, 0.6) is 0 Å². The monoisotopic (exact) mass is 304 g/mol. The van der Waals surface area contributed by atoms with Crippen LogP contribution in [0.3, 0.4) is 0 Å². The fourth-order valence-corrected chi connectivity index (χ4v) is 3.00. The molecule has 1 aliphatic heterocycles. The maximum Gasteiger partial charge on any atom is 0.407 e. The molecule has 0 aromatic heterocycles. The third-order valence-corrected chi connectivity index (χ3v) is 4.00. The van der Waals surface area contributed by atoms with Crippen LogP contribution < -0.4 is 10.2 Å². The summed E-state index contributed by atoms with van der Waals surface area (Å²) in [6.45, 7) is 8.83. The topological polar surface area (TPSA) is 41.6 Å². The Labute approximate surface area is 133 Å². The van der Waals surface area contributed by atoms with Gasteiger partial charge in [0.15, 0.2) is 0 Å². The van der Waals surface area contributed by atoms with Gasteiger partial charge in [0.25, 0.3) is 0 Å². The largest absolute Gasteiger partial charge is 0.444 e. The zero-order valence-corrected chi connectivity index (χ0v) is 14.1. The molecule has 2 rings (SSSR count). The predicted molar refractivity (Wildman–Crippen MR) is 90.3 cm³/mol. The lowest BCUT2D eigenvalue weighted by molar-refractivity contribution is 0.0493. The van der Waals surface area contributed by atoms with Crippen molar-refractivity contribution in [2.24, 2.45) is 0 Å². The molecule has 22 heavy (non-hydrogen) atoms. The second-order valence-corrected chi connectivity index (χ2v) is 6.96. The van der Waals surface area contributed by atoms with Crippen LogP contribution >= 0.6 is 0 Å². The van der Waals surface area contributed by atoms with Crippen molar-refractivity contribution in [2.45, 2.75) is 64.6 Å². The summed E-state index contributed by atoms with van der Waals surface area (Å²) in [7, 11) is 0. The number of para-hydroxylation sites is 1. The molecule has 122 valence electrons. The van der Waals surface area contributed by atoms with Gasteiger partial charge in [-0.2, -0.15) is 0 Å². The number of carbonyl (C=O) groups is 1. The number of anilines is 1. The number of piperidine rings is 1. The van der Waals surface area contributed by atoms with E-state index in [9.17, 15) is 4.79 Å². The fraction of sp³-hybridized carbons (Fsp3) is 0.611. The zero-order valence-electron chi connectivity index (χ0n) is 14.1. The van der Waals surface area contributed by atoms with Crippen LogP contribution in [-0.4, -0.2) is 30.3 Å². The number of carbonyl (C=O) groups excluding carboxylic acids is 1. The quantitative estimate of drug-likeness (QED) is 0.919. The van der Waals surface area contributed by atoms with E-state index in [0.29, 0.717) is 6.04 Å². The number of nitrogens with one attached hydrogen (secondary N) is 1. The van der Waals surface area contributed by atoms with Gasteiger partial charge < -0.3 is 15.0 Å². The third kappa shape index (κ3) is 4.65. The SMILES string of the molecule is CCC1CC(NC(=O)OC(C)(C)C)CCN1c1ccccc1. The normalized spacial score (nSPS) is 22.3. The first-order valence-corrected chi connectivity index (χ1v) is 8.20. The van der Waals surface area contributed by atoms with E-state index in [1.54, 1.807) is 0 Å². The minimum atomic E-state index is -0.445. The van der Waals surface area contributed by atoms with Crippen molar-refractivity contribution in [3.8, 4) is 0 Å². The average Bonchev–Trinajstić information content (AvgIpc) is 2.46. The van der Waals surface area contributed by atoms with Crippen LogP contribution in [0, 0.1) is 0 Å². The van der Waals surface area contributed by atoms with E-state index in [0.717, 1.165) is 25.8 Å². The molecular formula is C18H28N2O2. The highest BCUT2D eigenvalue weighted by atomic mass is 16.6. The predicted octanol–water partition coefficient (Wildman–Crippen LogP) is 3.96. The van der Waals surface area contributed by atoms with Crippen LogP contribution in [0.2, 0.25) is 0 Å². The molecule has 1 N–H and O–H groups in total. The van der Waals surface area contributed by atoms with Gasteiger partial charge in [0.1, 0.15) is 5.60 Å². The van der Waals surface area contributed by atoms with E-state index in [-0.39, 0.29) is 12.1 Å². The van der Waals surface area contributed by atoms with Crippen molar-refractivity contribution in [1.29, 1.82) is 0 Å². The minimum Gasteiger partial charge on any atom is -0.444 e. The van der Waals surface area contributed by atoms with E-state index in [2.05, 4.69) is 41.4 Å². The van der Waals surface area contributed by atoms with Gasteiger partial charge in [0, 0.05) is 24.3 Å². The smallest absolute Gasteiger partial charge is 0.407 e. The molecule has 1 fully saturated rings. The van der Waals surface area contributed by atoms with Gasteiger partial charge in [-0.3, -0.25) is 0 Å². The zero-order chi connectivity index (χ0) is 16.2. The summed E-state index contributed by atoms with van der Waals surface area (Å²) in [5.41, 5.74) is 0.823. The Bertz CT molecular complexity index is 482. The molecule has 1 aromatic carbocycles. The number of ether oxygens (including phenoxy) is 1. The third-order valence-electron chi connectivity index (χ3n) is 4.00. The van der Waals surface area contributed by atoms with E-state index < -0.39 is 5.60 Å². The molecule has 0 bridgehead atoms. The highest BCUT2D eigenvalue weighted by Crippen LogP contribution is 2.26. The summed E-state index contributed by atoms with van der Waals surface area (Å²) < 4.78 is 5.36. The highest BCUT2D eigenvalue weighted by molar-refractivity contribution is 5.68. The van der Waals surface area contributed by atoms with Crippen LogP contribution in [0.25, 0.3) is 0 Å². The van der Waals surface area contributed by atoms with E-state index in [1.165, 1.54) is 5.69 Å². The van der Waals surface area contributed by atoms with Gasteiger partial charge in [-0.05, 0) is 52.2 Å². The molecule has 1 aromatic rings. The highest BCUT2D eigenvalue weighted by Gasteiger charge is 2.29. The number of nitrogens with zero attached hydrogens (tertiary/aromatic N) is 1. The standard InChI is InChI=1S/C18H28N2O2/c1-5-15-13-14(19-17(21)22-18(2,3)4)11-12-20(15)16-9-7-6-8-10-16/h6-10,14-15H,5,11-13H2,1-4H3,(H,19,21). The summed E-state index contributed by atoms with van der Waals surface area (Å²) in [5, 5.41) is 3.02. The second kappa shape index (κ2) is 7.03. The lowest BCUT2D eigenvalue weighted by Crippen LogP contribution is -2.50. The van der Waals surface area contributed by atoms with Crippen LogP contribution in [0.4, 0.5) is 10.5 Å². The van der Waals surface area contributed by atoms with Crippen LogP contribution in [-0.2, 0) is 4.74 Å². The Morgan fingerprint density at radius 1 is 1.32 bits per heavy atom. The molecular weight excluding hydrogens is 276 g/mol. The molecule has 4 heteroatoms. The molecule has 1 heterocycles. The van der Waals surface area contributed by atoms with E-state index in [4.69, 9.17) is 4.74 Å². The van der Waals surface area contributed by atoms with Gasteiger partial charge in [-0.15, -0.1) is 0 Å². The summed E-state index contributed by atoms with van der Waals surface area (Å²) in [4.78, 5) is 14.4. The number of hydrogen-bond acceptors (Lipinski definition) is 3. The van der Waals surface area contributed by atoms with Crippen molar-refractivity contribution in [3.05, 3.63) is 30.3 Å². The molecule has 1 amide bonds. The first-order valence-electron chi connectivity index (χ1n) is 8.20. The molecule has 2 unspecified atom stereocenters. The molecule has 0 radical (unpaired) electrons. The average molecular weight is 304 g/mol. The summed E-state index contributed by atoms with van der Waals surface area (Å²) in [6.07, 6.45) is 2.68. The van der Waals surface area contributed by atoms with E-state index in [1.807, 2.05) is 26.8 Å². The molecule has 0 saturated carbocycles. The van der Waals surface area contributed by atoms with Crippen molar-refractivity contribution >= 4 is 11.8 Å². The molecule has 1 saturated heterocycles. The van der Waals surface area contributed by atoms with E-state index >= 15 is 0 Å². The van der Waals surface area contributed by atoms with Crippen molar-refractivity contribution in [2.75, 3.05) is 11.4 Å². The van der Waals surface area contributed by atoms with Crippen LogP contribution in [0.15, 0.2) is 30.3 Å². The first kappa shape index (κ1) is 16.7. The maximum absolute atomic E-state index is 11.9. The maximum atomic E-state index is 11.9. The molecule has 2 atom stereocenters. The molecule has 4 nitrogen and oxygen atoms in total. The Morgan fingerprint density at radius 3 is 2.59 bits per heavy atom. The van der Waals surface area contributed by atoms with Gasteiger partial charge >= 0.3 is 6.09 Å². The number of benzene rings is 1. The Morgan fingerprint density at radius 2 is 2.00 bits per heavy atom. The van der Waals surface area contributed by atoms with Gasteiger partial charge in [0.05, 0.1) is 0 Å². The fourth-order valence-electron chi connectivity index (χ4n) is 3.00. The van der Waals surface area contributed by atoms with Gasteiger partial charge in [-0.25, -0.2) is 4.79 Å². The summed E-state index contributed by atoms with van der Waals surface area (Å²) in [5.74, 6) is 0. The number of rotatable bonds is 3. The number of alkyl carbamates (subject to hydrolysis) is 1. The second-order valence-electron chi connectivity index (χ2n) is 6.96. The molecule has 0 spiro atoms. The lowest BCUT2D eigenvalue weighted by atomic mass is 9.94. The molecule has 1 aliphatic rings.